The van der Waals surface area contributed by atoms with E-state index in [0.29, 0.717) is 6.42 Å². The van der Waals surface area contributed by atoms with Crippen LogP contribution in [0.2, 0.25) is 0 Å². The zero-order valence-corrected chi connectivity index (χ0v) is 8.52. The summed E-state index contributed by atoms with van der Waals surface area (Å²) in [6.45, 7) is 2.03. The van der Waals surface area contributed by atoms with Crippen LogP contribution in [-0.4, -0.2) is 15.7 Å². The number of nitrogens with zero attached hydrogens (tertiary/aromatic N) is 2. The van der Waals surface area contributed by atoms with Gasteiger partial charge in [0.2, 0.25) is 0 Å². The molecule has 70 valence electrons. The highest BCUT2D eigenvalue weighted by molar-refractivity contribution is 7.98. The van der Waals surface area contributed by atoms with E-state index in [1.54, 1.807) is 6.33 Å². The van der Waals surface area contributed by atoms with Crippen molar-refractivity contribution >= 4 is 11.8 Å². The first-order chi connectivity index (χ1) is 6.34. The maximum Gasteiger partial charge on any atom is 0.0925 e. The van der Waals surface area contributed by atoms with Crippen molar-refractivity contribution in [3.63, 3.8) is 0 Å². The number of nitriles is 1. The minimum absolute atomic E-state index is 0.659. The lowest BCUT2D eigenvalue weighted by molar-refractivity contribution is 0.980. The van der Waals surface area contributed by atoms with E-state index >= 15 is 0 Å². The van der Waals surface area contributed by atoms with Crippen molar-refractivity contribution in [2.45, 2.75) is 25.5 Å². The smallest absolute Gasteiger partial charge is 0.0925 e. The zero-order chi connectivity index (χ0) is 9.52. The van der Waals surface area contributed by atoms with Gasteiger partial charge in [-0.1, -0.05) is 0 Å². The number of aromatic nitrogens is 2. The third kappa shape index (κ3) is 3.51. The van der Waals surface area contributed by atoms with E-state index < -0.39 is 0 Å². The third-order valence-corrected chi connectivity index (χ3v) is 2.81. The Balaban J connectivity index is 2.14. The zero-order valence-electron chi connectivity index (χ0n) is 7.71. The van der Waals surface area contributed by atoms with E-state index in [1.807, 2.05) is 18.7 Å². The van der Waals surface area contributed by atoms with E-state index in [4.69, 9.17) is 5.26 Å². The molecule has 0 atom stereocenters. The minimum atomic E-state index is 0.659. The van der Waals surface area contributed by atoms with Crippen molar-refractivity contribution in [3.8, 4) is 6.07 Å². The number of nitrogens with one attached hydrogen (secondary N) is 1. The summed E-state index contributed by atoms with van der Waals surface area (Å²) >= 11 is 1.83. The molecule has 0 radical (unpaired) electrons. The van der Waals surface area contributed by atoms with Crippen LogP contribution in [0.15, 0.2) is 6.33 Å². The monoisotopic (exact) mass is 195 g/mol. The number of hydrogen-bond acceptors (Lipinski definition) is 3. The fourth-order valence-electron chi connectivity index (χ4n) is 0.955. The fraction of sp³-hybridized carbons (Fsp3) is 0.556. The first-order valence-corrected chi connectivity index (χ1v) is 5.43. The minimum Gasteiger partial charge on any atom is -0.348 e. The largest absolute Gasteiger partial charge is 0.348 e. The van der Waals surface area contributed by atoms with Gasteiger partial charge in [0.1, 0.15) is 0 Å². The number of unbranched alkanes of at least 4 members (excludes halogenated alkanes) is 1. The van der Waals surface area contributed by atoms with Crippen LogP contribution in [0.3, 0.4) is 0 Å². The molecule has 0 saturated heterocycles. The molecule has 4 heteroatoms. The van der Waals surface area contributed by atoms with Gasteiger partial charge >= 0.3 is 0 Å². The second kappa shape index (κ2) is 5.65. The Labute approximate surface area is 82.6 Å². The quantitative estimate of drug-likeness (QED) is 0.733. The van der Waals surface area contributed by atoms with Crippen LogP contribution in [0, 0.1) is 18.3 Å². The lowest BCUT2D eigenvalue weighted by Crippen LogP contribution is -1.86. The van der Waals surface area contributed by atoms with Crippen molar-refractivity contribution in [1.82, 2.24) is 9.97 Å². The van der Waals surface area contributed by atoms with Gasteiger partial charge in [-0.15, -0.1) is 0 Å². The van der Waals surface area contributed by atoms with Crippen LogP contribution in [-0.2, 0) is 5.75 Å². The molecular weight excluding hydrogens is 182 g/mol. The Kier molecular flexibility index (Phi) is 4.41. The summed E-state index contributed by atoms with van der Waals surface area (Å²) in [5, 5.41) is 8.32. The Morgan fingerprint density at radius 1 is 1.69 bits per heavy atom. The maximum atomic E-state index is 8.32. The molecule has 1 N–H and O–H groups in total. The van der Waals surface area contributed by atoms with Crippen molar-refractivity contribution in [2.24, 2.45) is 0 Å². The van der Waals surface area contributed by atoms with E-state index in [-0.39, 0.29) is 0 Å². The van der Waals surface area contributed by atoms with Crippen molar-refractivity contribution in [1.29, 1.82) is 5.26 Å². The average Bonchev–Trinajstić information content (AvgIpc) is 2.52. The lowest BCUT2D eigenvalue weighted by atomic mass is 10.4. The second-order valence-electron chi connectivity index (χ2n) is 2.79. The normalized spacial score (nSPS) is 9.85. The number of aryl methyl sites for hydroxylation is 1. The van der Waals surface area contributed by atoms with Crippen molar-refractivity contribution in [3.05, 3.63) is 17.7 Å². The molecule has 0 bridgehead atoms. The Morgan fingerprint density at radius 3 is 3.15 bits per heavy atom. The van der Waals surface area contributed by atoms with E-state index in [9.17, 15) is 0 Å². The summed E-state index contributed by atoms with van der Waals surface area (Å²) in [7, 11) is 0. The molecule has 1 aromatic rings. The molecule has 0 fully saturated rings. The molecule has 0 aliphatic carbocycles. The van der Waals surface area contributed by atoms with Gasteiger partial charge in [0, 0.05) is 17.9 Å². The van der Waals surface area contributed by atoms with Crippen molar-refractivity contribution in [2.75, 3.05) is 5.75 Å². The number of aromatic amines is 1. The van der Waals surface area contributed by atoms with Gasteiger partial charge in [0.15, 0.2) is 0 Å². The highest BCUT2D eigenvalue weighted by Crippen LogP contribution is 2.13. The first kappa shape index (κ1) is 10.1. The average molecular weight is 195 g/mol. The van der Waals surface area contributed by atoms with Crippen LogP contribution < -0.4 is 0 Å². The molecule has 0 aliphatic rings. The maximum absolute atomic E-state index is 8.32. The van der Waals surface area contributed by atoms with E-state index in [2.05, 4.69) is 16.0 Å². The highest BCUT2D eigenvalue weighted by atomic mass is 32.2. The second-order valence-corrected chi connectivity index (χ2v) is 3.89. The Hall–Kier alpha value is -0.950. The van der Waals surface area contributed by atoms with Crippen LogP contribution in [0.4, 0.5) is 0 Å². The van der Waals surface area contributed by atoms with Crippen LogP contribution >= 0.6 is 11.8 Å². The molecule has 3 nitrogen and oxygen atoms in total. The topological polar surface area (TPSA) is 52.5 Å². The highest BCUT2D eigenvalue weighted by Gasteiger charge is 1.99. The SMILES string of the molecule is Cc1[nH]cnc1CSCCCC#N. The molecule has 0 amide bonds. The van der Waals surface area contributed by atoms with Crippen LogP contribution in [0.1, 0.15) is 24.2 Å². The summed E-state index contributed by atoms with van der Waals surface area (Å²) in [4.78, 5) is 7.24. The predicted octanol–water partition coefficient (Wildman–Crippen LogP) is 2.26. The number of thioether (sulfide) groups is 1. The summed E-state index contributed by atoms with van der Waals surface area (Å²) in [5.41, 5.74) is 2.27. The van der Waals surface area contributed by atoms with E-state index in [0.717, 1.165) is 29.3 Å². The van der Waals surface area contributed by atoms with E-state index in [1.165, 1.54) is 0 Å². The Morgan fingerprint density at radius 2 is 2.54 bits per heavy atom. The molecule has 0 unspecified atom stereocenters. The lowest BCUT2D eigenvalue weighted by Gasteiger charge is -1.97. The number of hydrogen-bond donors (Lipinski definition) is 1. The van der Waals surface area contributed by atoms with Gasteiger partial charge in [-0.3, -0.25) is 0 Å². The van der Waals surface area contributed by atoms with Gasteiger partial charge in [-0.25, -0.2) is 4.98 Å². The molecule has 0 aromatic carbocycles. The van der Waals surface area contributed by atoms with Crippen LogP contribution in [0.25, 0.3) is 0 Å². The molecule has 0 saturated carbocycles. The summed E-state index contributed by atoms with van der Waals surface area (Å²) in [6, 6.07) is 2.14. The summed E-state index contributed by atoms with van der Waals surface area (Å²) < 4.78 is 0. The van der Waals surface area contributed by atoms with Crippen molar-refractivity contribution < 1.29 is 0 Å². The first-order valence-electron chi connectivity index (χ1n) is 4.28. The molecule has 1 rings (SSSR count). The third-order valence-electron chi connectivity index (χ3n) is 1.75. The fourth-order valence-corrected chi connectivity index (χ4v) is 1.93. The molecule has 0 aliphatic heterocycles. The van der Waals surface area contributed by atoms with Gasteiger partial charge in [-0.2, -0.15) is 17.0 Å². The van der Waals surface area contributed by atoms with Gasteiger partial charge < -0.3 is 4.98 Å². The number of imidazole rings is 1. The molecule has 1 aromatic heterocycles. The number of rotatable bonds is 5. The van der Waals surface area contributed by atoms with Crippen LogP contribution in [0.5, 0.6) is 0 Å². The summed E-state index contributed by atoms with van der Waals surface area (Å²) in [5.74, 6) is 1.99. The van der Waals surface area contributed by atoms with Gasteiger partial charge in [-0.05, 0) is 19.1 Å². The van der Waals surface area contributed by atoms with Gasteiger partial charge in [0.25, 0.3) is 0 Å². The Bertz CT molecular complexity index is 287. The number of H-pyrrole nitrogens is 1. The molecule has 13 heavy (non-hydrogen) atoms. The summed E-state index contributed by atoms with van der Waals surface area (Å²) in [6.07, 6.45) is 3.36. The predicted molar refractivity (Wildman–Crippen MR) is 54.3 cm³/mol. The standard InChI is InChI=1S/C9H13N3S/c1-8-9(12-7-11-8)6-13-5-3-2-4-10/h7H,2-3,5-6H2,1H3,(H,11,12). The molecule has 0 spiro atoms. The molecule has 1 heterocycles. The molecular formula is C9H13N3S. The van der Waals surface area contributed by atoms with Gasteiger partial charge in [0.05, 0.1) is 18.1 Å².